The minimum Gasteiger partial charge on any atom is -0.497 e. The van der Waals surface area contributed by atoms with E-state index in [2.05, 4.69) is 39.4 Å². The van der Waals surface area contributed by atoms with Crippen LogP contribution in [0.4, 0.5) is 0 Å². The van der Waals surface area contributed by atoms with Gasteiger partial charge >= 0.3 is 0 Å². The molecular weight excluding hydrogens is 186 g/mol. The summed E-state index contributed by atoms with van der Waals surface area (Å²) in [4.78, 5) is 0. The van der Waals surface area contributed by atoms with Crippen molar-refractivity contribution < 1.29 is 9.22 Å². The predicted molar refractivity (Wildman–Crippen MR) is 64.9 cm³/mol. The summed E-state index contributed by atoms with van der Waals surface area (Å²) in [6.45, 7) is 1.03. The number of quaternary nitrogens is 1. The van der Waals surface area contributed by atoms with E-state index < -0.39 is 0 Å². The molecule has 82 valence electrons. The third kappa shape index (κ3) is 4.66. The van der Waals surface area contributed by atoms with E-state index in [1.165, 1.54) is 5.56 Å². The predicted octanol–water partition coefficient (Wildman–Crippen LogP) is 2.41. The fraction of sp³-hybridized carbons (Fsp3) is 0.385. The summed E-state index contributed by atoms with van der Waals surface area (Å²) in [7, 11) is 8.22. The molecule has 0 saturated carbocycles. The number of likely N-dealkylation sites (N-methyl/N-ethyl adjacent to an activating group) is 1. The van der Waals surface area contributed by atoms with Gasteiger partial charge in [0.2, 0.25) is 0 Å². The first kappa shape index (κ1) is 11.8. The Labute approximate surface area is 92.4 Å². The van der Waals surface area contributed by atoms with Crippen molar-refractivity contribution in [2.45, 2.75) is 0 Å². The Bertz CT molecular complexity index is 337. The highest BCUT2D eigenvalue weighted by Gasteiger charge is 2.01. The highest BCUT2D eigenvalue weighted by molar-refractivity contribution is 5.51. The molecule has 1 rings (SSSR count). The monoisotopic (exact) mass is 206 g/mol. The largest absolute Gasteiger partial charge is 0.497 e. The zero-order valence-electron chi connectivity index (χ0n) is 10.0. The van der Waals surface area contributed by atoms with Crippen LogP contribution in [0.5, 0.6) is 5.75 Å². The van der Waals surface area contributed by atoms with E-state index in [0.29, 0.717) is 0 Å². The lowest BCUT2D eigenvalue weighted by atomic mass is 10.2. The van der Waals surface area contributed by atoms with E-state index in [0.717, 1.165) is 16.8 Å². The number of methoxy groups -OCH3 is 1. The molecule has 0 amide bonds. The Hall–Kier alpha value is -1.28. The molecule has 0 unspecified atom stereocenters. The molecule has 2 nitrogen and oxygen atoms in total. The lowest BCUT2D eigenvalue weighted by molar-refractivity contribution is -0.864. The van der Waals surface area contributed by atoms with E-state index in [-0.39, 0.29) is 0 Å². The van der Waals surface area contributed by atoms with Crippen LogP contribution in [0.15, 0.2) is 30.3 Å². The minimum atomic E-state index is 0.905. The second kappa shape index (κ2) is 4.99. The standard InChI is InChI=1S/C13H20NO/c1-14(2,3)10-6-8-12-7-5-9-13(11-12)15-4/h5-9,11H,10H2,1-4H3/q+1. The summed E-state index contributed by atoms with van der Waals surface area (Å²) in [6, 6.07) is 8.07. The van der Waals surface area contributed by atoms with Crippen LogP contribution in [0, 0.1) is 0 Å². The first-order valence-corrected chi connectivity index (χ1v) is 5.12. The summed E-state index contributed by atoms with van der Waals surface area (Å²) in [6.07, 6.45) is 4.32. The summed E-state index contributed by atoms with van der Waals surface area (Å²) >= 11 is 0. The van der Waals surface area contributed by atoms with Crippen LogP contribution in [-0.4, -0.2) is 39.3 Å². The first-order chi connectivity index (χ1) is 7.01. The van der Waals surface area contributed by atoms with Crippen LogP contribution in [0.25, 0.3) is 6.08 Å². The molecule has 0 aliphatic heterocycles. The van der Waals surface area contributed by atoms with Gasteiger partial charge in [-0.3, -0.25) is 0 Å². The van der Waals surface area contributed by atoms with Gasteiger partial charge in [0.05, 0.1) is 34.8 Å². The minimum absolute atomic E-state index is 0.905. The molecule has 0 aliphatic rings. The number of hydrogen-bond donors (Lipinski definition) is 0. The van der Waals surface area contributed by atoms with Gasteiger partial charge in [0, 0.05) is 0 Å². The quantitative estimate of drug-likeness (QED) is 0.687. The van der Waals surface area contributed by atoms with Gasteiger partial charge in [-0.25, -0.2) is 0 Å². The fourth-order valence-electron chi connectivity index (χ4n) is 1.25. The van der Waals surface area contributed by atoms with Gasteiger partial charge in [0.1, 0.15) is 5.75 Å². The highest BCUT2D eigenvalue weighted by atomic mass is 16.5. The maximum absolute atomic E-state index is 5.16. The van der Waals surface area contributed by atoms with E-state index >= 15 is 0 Å². The molecule has 0 aromatic heterocycles. The van der Waals surface area contributed by atoms with Gasteiger partial charge in [-0.15, -0.1) is 0 Å². The van der Waals surface area contributed by atoms with Crippen molar-refractivity contribution in [3.8, 4) is 5.75 Å². The van der Waals surface area contributed by atoms with Crippen molar-refractivity contribution in [3.63, 3.8) is 0 Å². The number of nitrogens with zero attached hydrogens (tertiary/aromatic N) is 1. The van der Waals surface area contributed by atoms with Gasteiger partial charge < -0.3 is 9.22 Å². The molecule has 2 heteroatoms. The van der Waals surface area contributed by atoms with E-state index in [9.17, 15) is 0 Å². The molecule has 0 spiro atoms. The summed E-state index contributed by atoms with van der Waals surface area (Å²) < 4.78 is 6.11. The van der Waals surface area contributed by atoms with Crippen LogP contribution in [0.3, 0.4) is 0 Å². The van der Waals surface area contributed by atoms with Crippen LogP contribution >= 0.6 is 0 Å². The van der Waals surface area contributed by atoms with Crippen molar-refractivity contribution in [1.82, 2.24) is 0 Å². The number of hydrogen-bond acceptors (Lipinski definition) is 1. The van der Waals surface area contributed by atoms with Gasteiger partial charge in [0.15, 0.2) is 0 Å². The number of rotatable bonds is 4. The van der Waals surface area contributed by atoms with Crippen LogP contribution < -0.4 is 4.74 Å². The van der Waals surface area contributed by atoms with Crippen molar-refractivity contribution in [2.24, 2.45) is 0 Å². The molecule has 1 aromatic carbocycles. The maximum atomic E-state index is 5.16. The molecule has 1 aromatic rings. The summed E-state index contributed by atoms with van der Waals surface area (Å²) in [5.74, 6) is 0.905. The molecule has 0 radical (unpaired) electrons. The summed E-state index contributed by atoms with van der Waals surface area (Å²) in [5.41, 5.74) is 1.18. The Kier molecular flexibility index (Phi) is 3.92. The second-order valence-corrected chi connectivity index (χ2v) is 4.65. The Morgan fingerprint density at radius 2 is 2.00 bits per heavy atom. The van der Waals surface area contributed by atoms with Gasteiger partial charge in [-0.05, 0) is 23.8 Å². The van der Waals surface area contributed by atoms with Gasteiger partial charge in [0.25, 0.3) is 0 Å². The van der Waals surface area contributed by atoms with Crippen LogP contribution in [-0.2, 0) is 0 Å². The average molecular weight is 206 g/mol. The Morgan fingerprint density at radius 1 is 1.27 bits per heavy atom. The smallest absolute Gasteiger partial charge is 0.119 e. The van der Waals surface area contributed by atoms with Gasteiger partial charge in [-0.2, -0.15) is 0 Å². The molecular formula is C13H20NO+. The van der Waals surface area contributed by atoms with E-state index in [1.807, 2.05) is 18.2 Å². The second-order valence-electron chi connectivity index (χ2n) is 4.65. The Balaban J connectivity index is 2.64. The normalized spacial score (nSPS) is 12.0. The zero-order chi connectivity index (χ0) is 11.3. The molecule has 15 heavy (non-hydrogen) atoms. The molecule has 0 saturated heterocycles. The van der Waals surface area contributed by atoms with E-state index in [1.54, 1.807) is 7.11 Å². The lowest BCUT2D eigenvalue weighted by Gasteiger charge is -2.21. The maximum Gasteiger partial charge on any atom is 0.119 e. The highest BCUT2D eigenvalue weighted by Crippen LogP contribution is 2.13. The topological polar surface area (TPSA) is 9.23 Å². The molecule has 0 N–H and O–H groups in total. The zero-order valence-corrected chi connectivity index (χ0v) is 10.0. The van der Waals surface area contributed by atoms with Crippen LogP contribution in [0.2, 0.25) is 0 Å². The van der Waals surface area contributed by atoms with Crippen molar-refractivity contribution in [3.05, 3.63) is 35.9 Å². The molecule has 0 heterocycles. The van der Waals surface area contributed by atoms with Crippen molar-refractivity contribution in [2.75, 3.05) is 34.8 Å². The Morgan fingerprint density at radius 3 is 2.60 bits per heavy atom. The van der Waals surface area contributed by atoms with Crippen LogP contribution in [0.1, 0.15) is 5.56 Å². The molecule has 0 atom stereocenters. The third-order valence-corrected chi connectivity index (χ3v) is 2.06. The van der Waals surface area contributed by atoms with Gasteiger partial charge in [-0.1, -0.05) is 18.2 Å². The van der Waals surface area contributed by atoms with Crippen molar-refractivity contribution >= 4 is 6.08 Å². The average Bonchev–Trinajstić information content (AvgIpc) is 2.16. The first-order valence-electron chi connectivity index (χ1n) is 5.12. The SMILES string of the molecule is COc1cccc(C=CC[N+](C)(C)C)c1. The number of ether oxygens (including phenoxy) is 1. The molecule has 0 fully saturated rings. The number of benzene rings is 1. The summed E-state index contributed by atoms with van der Waals surface area (Å²) in [5, 5.41) is 0. The fourth-order valence-corrected chi connectivity index (χ4v) is 1.25. The molecule has 0 aliphatic carbocycles. The van der Waals surface area contributed by atoms with E-state index in [4.69, 9.17) is 4.74 Å². The molecule has 0 bridgehead atoms. The third-order valence-electron chi connectivity index (χ3n) is 2.06. The lowest BCUT2D eigenvalue weighted by Crippen LogP contribution is -2.34. The van der Waals surface area contributed by atoms with Crippen molar-refractivity contribution in [1.29, 1.82) is 0 Å².